The molecule has 1 rings (SSSR count). The summed E-state index contributed by atoms with van der Waals surface area (Å²) in [5.41, 5.74) is 3.36. The normalized spacial score (nSPS) is 14.0. The second-order valence-corrected chi connectivity index (χ2v) is 9.79. The average molecular weight is 349 g/mol. The molecule has 2 nitrogen and oxygen atoms in total. The van der Waals surface area contributed by atoms with Crippen molar-refractivity contribution in [3.05, 3.63) is 28.8 Å². The number of aliphatic hydroxyl groups excluding tert-OH is 1. The quantitative estimate of drug-likeness (QED) is 0.567. The number of hydrogen-bond donors (Lipinski definition) is 1. The van der Waals surface area contributed by atoms with E-state index in [0.29, 0.717) is 5.92 Å². The van der Waals surface area contributed by atoms with Gasteiger partial charge < -0.3 is 9.84 Å². The van der Waals surface area contributed by atoms with Gasteiger partial charge in [-0.25, -0.2) is 0 Å². The molecule has 0 aliphatic carbocycles. The molecular formula is C23H40O2. The van der Waals surface area contributed by atoms with E-state index in [-0.39, 0.29) is 10.8 Å². The Labute approximate surface area is 156 Å². The van der Waals surface area contributed by atoms with Crippen molar-refractivity contribution in [1.29, 1.82) is 0 Å². The highest BCUT2D eigenvalue weighted by molar-refractivity contribution is 5.51. The number of hydrogen-bond acceptors (Lipinski definition) is 2. The van der Waals surface area contributed by atoms with E-state index in [9.17, 15) is 5.11 Å². The fraction of sp³-hybridized carbons (Fsp3) is 0.739. The Morgan fingerprint density at radius 1 is 0.960 bits per heavy atom. The molecule has 0 radical (unpaired) electrons. The van der Waals surface area contributed by atoms with Gasteiger partial charge in [-0.15, -0.1) is 0 Å². The van der Waals surface area contributed by atoms with E-state index >= 15 is 0 Å². The van der Waals surface area contributed by atoms with Crippen molar-refractivity contribution in [2.45, 2.75) is 98.5 Å². The molecule has 1 unspecified atom stereocenters. The van der Waals surface area contributed by atoms with Crippen molar-refractivity contribution in [3.8, 4) is 5.75 Å². The van der Waals surface area contributed by atoms with E-state index < -0.39 is 6.10 Å². The van der Waals surface area contributed by atoms with Crippen LogP contribution in [0, 0.1) is 5.92 Å². The first kappa shape index (κ1) is 22.0. The number of rotatable bonds is 7. The molecule has 0 saturated heterocycles. The molecule has 1 atom stereocenters. The van der Waals surface area contributed by atoms with E-state index in [1.54, 1.807) is 0 Å². The molecule has 2 heteroatoms. The van der Waals surface area contributed by atoms with Crippen molar-refractivity contribution in [2.75, 3.05) is 6.61 Å². The Hall–Kier alpha value is -1.02. The van der Waals surface area contributed by atoms with Gasteiger partial charge in [0.25, 0.3) is 0 Å². The third-order valence-electron chi connectivity index (χ3n) is 4.55. The lowest BCUT2D eigenvalue weighted by molar-refractivity contribution is 0.150. The van der Waals surface area contributed by atoms with Crippen LogP contribution < -0.4 is 4.74 Å². The molecule has 0 spiro atoms. The van der Waals surface area contributed by atoms with Gasteiger partial charge in [-0.2, -0.15) is 0 Å². The Balaban J connectivity index is 3.51. The standard InChI is InChI=1S/C23H40O2/c1-10-11-12-25-21-18(22(4,5)6)14-17(20(24)13-16(2)3)15-19(21)23(7,8)9/h14-16,20,24H,10-13H2,1-9H3. The SMILES string of the molecule is CCCCOc1c(C(C)(C)C)cc(C(O)CC(C)C)cc1C(C)(C)C. The molecule has 0 heterocycles. The molecule has 0 amide bonds. The van der Waals surface area contributed by atoms with E-state index in [4.69, 9.17) is 4.74 Å². The molecule has 0 fully saturated rings. The van der Waals surface area contributed by atoms with Crippen LogP contribution in [-0.4, -0.2) is 11.7 Å². The fourth-order valence-corrected chi connectivity index (χ4v) is 3.01. The van der Waals surface area contributed by atoms with Crippen molar-refractivity contribution >= 4 is 0 Å². The van der Waals surface area contributed by atoms with E-state index in [2.05, 4.69) is 74.4 Å². The van der Waals surface area contributed by atoms with Crippen molar-refractivity contribution in [2.24, 2.45) is 5.92 Å². The predicted molar refractivity (Wildman–Crippen MR) is 109 cm³/mol. The number of benzene rings is 1. The van der Waals surface area contributed by atoms with Gasteiger partial charge in [0, 0.05) is 11.1 Å². The molecule has 1 aromatic carbocycles. The minimum Gasteiger partial charge on any atom is -0.493 e. The molecule has 0 aliphatic heterocycles. The summed E-state index contributed by atoms with van der Waals surface area (Å²) in [6.07, 6.45) is 2.54. The van der Waals surface area contributed by atoms with Crippen LogP contribution in [0.3, 0.4) is 0 Å². The van der Waals surface area contributed by atoms with Gasteiger partial charge in [0.15, 0.2) is 0 Å². The summed E-state index contributed by atoms with van der Waals surface area (Å²) >= 11 is 0. The van der Waals surface area contributed by atoms with Crippen LogP contribution in [0.5, 0.6) is 5.75 Å². The predicted octanol–water partition coefficient (Wildman–Crippen LogP) is 6.54. The van der Waals surface area contributed by atoms with Gasteiger partial charge in [-0.05, 0) is 47.3 Å². The molecule has 1 aromatic rings. The minimum absolute atomic E-state index is 0.0326. The third kappa shape index (κ3) is 6.33. The summed E-state index contributed by atoms with van der Waals surface area (Å²) < 4.78 is 6.30. The molecule has 1 N–H and O–H groups in total. The lowest BCUT2D eigenvalue weighted by Gasteiger charge is -2.31. The van der Waals surface area contributed by atoms with Crippen molar-refractivity contribution in [1.82, 2.24) is 0 Å². The first-order valence-electron chi connectivity index (χ1n) is 9.87. The van der Waals surface area contributed by atoms with Crippen LogP contribution in [-0.2, 0) is 10.8 Å². The molecule has 0 aliphatic rings. The summed E-state index contributed by atoms with van der Waals surface area (Å²) in [5, 5.41) is 10.7. The molecule has 0 bridgehead atoms. The van der Waals surface area contributed by atoms with Gasteiger partial charge in [-0.1, -0.05) is 68.7 Å². The molecule has 144 valence electrons. The zero-order valence-electron chi connectivity index (χ0n) is 18.0. The van der Waals surface area contributed by atoms with Gasteiger partial charge in [0.2, 0.25) is 0 Å². The van der Waals surface area contributed by atoms with Crippen LogP contribution in [0.4, 0.5) is 0 Å². The number of ether oxygens (including phenoxy) is 1. The van der Waals surface area contributed by atoms with Gasteiger partial charge in [-0.3, -0.25) is 0 Å². The summed E-state index contributed by atoms with van der Waals surface area (Å²) in [6.45, 7) is 20.6. The van der Waals surface area contributed by atoms with Gasteiger partial charge in [0.05, 0.1) is 12.7 Å². The average Bonchev–Trinajstić information content (AvgIpc) is 2.44. The maximum Gasteiger partial charge on any atom is 0.126 e. The van der Waals surface area contributed by atoms with Gasteiger partial charge in [0.1, 0.15) is 5.75 Å². The Bertz CT molecular complexity index is 509. The number of unbranched alkanes of at least 4 members (excludes halogenated alkanes) is 1. The Morgan fingerprint density at radius 2 is 1.44 bits per heavy atom. The highest BCUT2D eigenvalue weighted by Crippen LogP contribution is 2.42. The first-order chi connectivity index (χ1) is 11.4. The number of aliphatic hydroxyl groups is 1. The van der Waals surface area contributed by atoms with Crippen LogP contribution in [0.1, 0.15) is 104 Å². The maximum absolute atomic E-state index is 10.7. The molecule has 0 aromatic heterocycles. The monoisotopic (exact) mass is 348 g/mol. The van der Waals surface area contributed by atoms with E-state index in [1.807, 2.05) is 0 Å². The minimum atomic E-state index is -0.424. The van der Waals surface area contributed by atoms with Crippen molar-refractivity contribution in [3.63, 3.8) is 0 Å². The first-order valence-corrected chi connectivity index (χ1v) is 9.87. The zero-order chi connectivity index (χ0) is 19.4. The largest absolute Gasteiger partial charge is 0.493 e. The van der Waals surface area contributed by atoms with Gasteiger partial charge >= 0.3 is 0 Å². The lowest BCUT2D eigenvalue weighted by Crippen LogP contribution is -2.21. The maximum atomic E-state index is 10.7. The van der Waals surface area contributed by atoms with E-state index in [1.165, 1.54) is 11.1 Å². The highest BCUT2D eigenvalue weighted by Gasteiger charge is 2.29. The van der Waals surface area contributed by atoms with Crippen LogP contribution in [0.2, 0.25) is 0 Å². The van der Waals surface area contributed by atoms with E-state index in [0.717, 1.165) is 37.2 Å². The van der Waals surface area contributed by atoms with Crippen LogP contribution in [0.15, 0.2) is 12.1 Å². The van der Waals surface area contributed by atoms with Crippen LogP contribution >= 0.6 is 0 Å². The second-order valence-electron chi connectivity index (χ2n) is 9.79. The topological polar surface area (TPSA) is 29.5 Å². The summed E-state index contributed by atoms with van der Waals surface area (Å²) in [5.74, 6) is 1.49. The third-order valence-corrected chi connectivity index (χ3v) is 4.55. The molecule has 25 heavy (non-hydrogen) atoms. The lowest BCUT2D eigenvalue weighted by atomic mass is 9.77. The smallest absolute Gasteiger partial charge is 0.126 e. The zero-order valence-corrected chi connectivity index (χ0v) is 18.0. The Kier molecular flexibility index (Phi) is 7.55. The van der Waals surface area contributed by atoms with Crippen molar-refractivity contribution < 1.29 is 9.84 Å². The summed E-state index contributed by atoms with van der Waals surface area (Å²) in [4.78, 5) is 0. The highest BCUT2D eigenvalue weighted by atomic mass is 16.5. The molecular weight excluding hydrogens is 308 g/mol. The summed E-state index contributed by atoms with van der Waals surface area (Å²) in [6, 6.07) is 4.34. The fourth-order valence-electron chi connectivity index (χ4n) is 3.01. The second kappa shape index (κ2) is 8.58. The molecule has 0 saturated carbocycles. The van der Waals surface area contributed by atoms with Crippen LogP contribution in [0.25, 0.3) is 0 Å². The summed E-state index contributed by atoms with van der Waals surface area (Å²) in [7, 11) is 0. The Morgan fingerprint density at radius 3 is 1.80 bits per heavy atom.